The van der Waals surface area contributed by atoms with Crippen LogP contribution in [0, 0.1) is 6.92 Å². The van der Waals surface area contributed by atoms with Gasteiger partial charge < -0.3 is 14.6 Å². The van der Waals surface area contributed by atoms with E-state index in [0.717, 1.165) is 5.56 Å². The molecule has 0 aliphatic heterocycles. The minimum atomic E-state index is -0.326. The van der Waals surface area contributed by atoms with E-state index in [1.165, 1.54) is 11.8 Å². The van der Waals surface area contributed by atoms with Gasteiger partial charge in [0.25, 0.3) is 0 Å². The number of aromatic nitrogens is 3. The van der Waals surface area contributed by atoms with Crippen LogP contribution < -0.4 is 10.1 Å². The maximum Gasteiger partial charge on any atom is 0.234 e. The molecular weight excluding hydrogens is 443 g/mol. The summed E-state index contributed by atoms with van der Waals surface area (Å²) >= 11 is 13.4. The minimum absolute atomic E-state index is 0.138. The van der Waals surface area contributed by atoms with Gasteiger partial charge in [-0.25, -0.2) is 0 Å². The van der Waals surface area contributed by atoms with Gasteiger partial charge in [0.05, 0.1) is 5.75 Å². The highest BCUT2D eigenvalue weighted by molar-refractivity contribution is 7.99. The van der Waals surface area contributed by atoms with Crippen LogP contribution in [0.15, 0.2) is 47.6 Å². The number of rotatable bonds is 8. The van der Waals surface area contributed by atoms with Gasteiger partial charge >= 0.3 is 0 Å². The van der Waals surface area contributed by atoms with Crippen molar-refractivity contribution in [2.45, 2.75) is 38.6 Å². The first-order valence-electron chi connectivity index (χ1n) is 9.41. The van der Waals surface area contributed by atoms with Gasteiger partial charge in [-0.3, -0.25) is 4.79 Å². The quantitative estimate of drug-likeness (QED) is 0.427. The molecule has 9 heteroatoms. The van der Waals surface area contributed by atoms with Gasteiger partial charge in [0.2, 0.25) is 5.91 Å². The van der Waals surface area contributed by atoms with Crippen LogP contribution in [0.4, 0.5) is 5.69 Å². The van der Waals surface area contributed by atoms with Crippen molar-refractivity contribution in [3.05, 3.63) is 63.9 Å². The van der Waals surface area contributed by atoms with Crippen molar-refractivity contribution in [1.82, 2.24) is 14.8 Å². The van der Waals surface area contributed by atoms with Gasteiger partial charge in [-0.2, -0.15) is 0 Å². The van der Waals surface area contributed by atoms with E-state index in [4.69, 9.17) is 27.9 Å². The fourth-order valence-corrected chi connectivity index (χ4v) is 4.01. The van der Waals surface area contributed by atoms with E-state index >= 15 is 0 Å². The standard InChI is InChI=1S/C21H22Cl2N4O2S/c1-4-27-20(14(3)29-17-7-5-6-15(22)10-17)25-26-21(27)30-12-19(28)24-18-11-16(23)9-8-13(18)2/h5-11,14H,4,12H2,1-3H3,(H,24,28). The van der Waals surface area contributed by atoms with E-state index in [-0.39, 0.29) is 17.8 Å². The fraction of sp³-hybridized carbons (Fsp3) is 0.286. The first-order chi connectivity index (χ1) is 14.4. The minimum Gasteiger partial charge on any atom is -0.483 e. The smallest absolute Gasteiger partial charge is 0.234 e. The predicted molar refractivity (Wildman–Crippen MR) is 122 cm³/mol. The van der Waals surface area contributed by atoms with Crippen molar-refractivity contribution >= 4 is 46.6 Å². The number of thioether (sulfide) groups is 1. The lowest BCUT2D eigenvalue weighted by atomic mass is 10.2. The highest BCUT2D eigenvalue weighted by atomic mass is 35.5. The summed E-state index contributed by atoms with van der Waals surface area (Å²) in [6, 6.07) is 12.6. The van der Waals surface area contributed by atoms with E-state index in [2.05, 4.69) is 15.5 Å². The number of ether oxygens (including phenoxy) is 1. The summed E-state index contributed by atoms with van der Waals surface area (Å²) in [6.07, 6.45) is -0.326. The second-order valence-electron chi connectivity index (χ2n) is 6.60. The molecule has 158 valence electrons. The van der Waals surface area contributed by atoms with Crippen molar-refractivity contribution in [3.8, 4) is 5.75 Å². The molecule has 3 aromatic rings. The van der Waals surface area contributed by atoms with Crippen LogP contribution >= 0.6 is 35.0 Å². The zero-order valence-electron chi connectivity index (χ0n) is 16.9. The maximum absolute atomic E-state index is 12.4. The largest absolute Gasteiger partial charge is 0.483 e. The Bertz CT molecular complexity index is 1040. The van der Waals surface area contributed by atoms with Crippen molar-refractivity contribution in [3.63, 3.8) is 0 Å². The lowest BCUT2D eigenvalue weighted by Crippen LogP contribution is -2.16. The predicted octanol–water partition coefficient (Wildman–Crippen LogP) is 5.78. The van der Waals surface area contributed by atoms with Crippen molar-refractivity contribution in [1.29, 1.82) is 0 Å². The molecule has 1 N–H and O–H groups in total. The molecule has 0 aliphatic rings. The molecule has 1 aromatic heterocycles. The summed E-state index contributed by atoms with van der Waals surface area (Å²) in [7, 11) is 0. The Morgan fingerprint density at radius 2 is 1.97 bits per heavy atom. The van der Waals surface area contributed by atoms with Gasteiger partial charge in [0, 0.05) is 22.3 Å². The van der Waals surface area contributed by atoms with Crippen molar-refractivity contribution in [2.24, 2.45) is 0 Å². The van der Waals surface area contributed by atoms with Gasteiger partial charge in [0.1, 0.15) is 5.75 Å². The van der Waals surface area contributed by atoms with E-state index in [9.17, 15) is 4.79 Å². The van der Waals surface area contributed by atoms with E-state index in [1.807, 2.05) is 43.5 Å². The Morgan fingerprint density at radius 1 is 1.20 bits per heavy atom. The Kier molecular flexibility index (Phi) is 7.64. The zero-order chi connectivity index (χ0) is 21.7. The molecule has 3 rings (SSSR count). The van der Waals surface area contributed by atoms with Crippen molar-refractivity contribution < 1.29 is 9.53 Å². The fourth-order valence-electron chi connectivity index (χ4n) is 2.85. The molecule has 6 nitrogen and oxygen atoms in total. The summed E-state index contributed by atoms with van der Waals surface area (Å²) < 4.78 is 7.90. The monoisotopic (exact) mass is 464 g/mol. The SMILES string of the molecule is CCn1c(SCC(=O)Nc2cc(Cl)ccc2C)nnc1C(C)Oc1cccc(Cl)c1. The number of carbonyl (C=O) groups is 1. The van der Waals surface area contributed by atoms with Crippen LogP contribution in [0.25, 0.3) is 0 Å². The third-order valence-electron chi connectivity index (χ3n) is 4.34. The molecule has 0 fully saturated rings. The topological polar surface area (TPSA) is 69.0 Å². The summed E-state index contributed by atoms with van der Waals surface area (Å²) in [5, 5.41) is 13.3. The molecule has 1 atom stereocenters. The number of benzene rings is 2. The molecule has 0 radical (unpaired) electrons. The van der Waals surface area contributed by atoms with Crippen molar-refractivity contribution in [2.75, 3.05) is 11.1 Å². The Labute approximate surface area is 189 Å². The number of nitrogens with one attached hydrogen (secondary N) is 1. The van der Waals surface area contributed by atoms with Gasteiger partial charge in [0.15, 0.2) is 17.1 Å². The van der Waals surface area contributed by atoms with E-state index in [1.54, 1.807) is 24.3 Å². The van der Waals surface area contributed by atoms with E-state index < -0.39 is 0 Å². The average Bonchev–Trinajstić information content (AvgIpc) is 3.12. The average molecular weight is 465 g/mol. The molecular formula is C21H22Cl2N4O2S. The second kappa shape index (κ2) is 10.2. The van der Waals surface area contributed by atoms with Crippen LogP contribution in [-0.2, 0) is 11.3 Å². The van der Waals surface area contributed by atoms with Crippen LogP contribution in [0.1, 0.15) is 31.3 Å². The summed E-state index contributed by atoms with van der Waals surface area (Å²) in [4.78, 5) is 12.4. The molecule has 1 heterocycles. The number of amides is 1. The molecule has 1 amide bonds. The molecule has 0 bridgehead atoms. The number of aryl methyl sites for hydroxylation is 1. The first kappa shape index (κ1) is 22.5. The van der Waals surface area contributed by atoms with Gasteiger partial charge in [-0.1, -0.05) is 47.1 Å². The maximum atomic E-state index is 12.4. The van der Waals surface area contributed by atoms with Crippen LogP contribution in [-0.4, -0.2) is 26.4 Å². The normalized spacial score (nSPS) is 11.9. The van der Waals surface area contributed by atoms with Gasteiger partial charge in [-0.05, 0) is 56.7 Å². The molecule has 1 unspecified atom stereocenters. The molecule has 0 aliphatic carbocycles. The molecule has 0 saturated heterocycles. The number of hydrogen-bond donors (Lipinski definition) is 1. The lowest BCUT2D eigenvalue weighted by molar-refractivity contribution is -0.113. The van der Waals surface area contributed by atoms with E-state index in [0.29, 0.717) is 39.0 Å². The molecule has 0 spiro atoms. The Balaban J connectivity index is 1.65. The number of nitrogens with zero attached hydrogens (tertiary/aromatic N) is 3. The number of halogens is 2. The highest BCUT2D eigenvalue weighted by Crippen LogP contribution is 2.26. The number of carbonyl (C=O) groups excluding carboxylic acids is 1. The summed E-state index contributed by atoms with van der Waals surface area (Å²) in [5.74, 6) is 1.41. The molecule has 2 aromatic carbocycles. The molecule has 30 heavy (non-hydrogen) atoms. The third-order valence-corrected chi connectivity index (χ3v) is 5.78. The highest BCUT2D eigenvalue weighted by Gasteiger charge is 2.19. The first-order valence-corrected chi connectivity index (χ1v) is 11.2. The Morgan fingerprint density at radius 3 is 2.70 bits per heavy atom. The second-order valence-corrected chi connectivity index (χ2v) is 8.41. The third kappa shape index (κ3) is 5.68. The molecule has 0 saturated carbocycles. The number of hydrogen-bond acceptors (Lipinski definition) is 5. The lowest BCUT2D eigenvalue weighted by Gasteiger charge is -2.15. The zero-order valence-corrected chi connectivity index (χ0v) is 19.2. The van der Waals surface area contributed by atoms with Crippen LogP contribution in [0.2, 0.25) is 10.0 Å². The van der Waals surface area contributed by atoms with Crippen LogP contribution in [0.3, 0.4) is 0 Å². The van der Waals surface area contributed by atoms with Crippen LogP contribution in [0.5, 0.6) is 5.75 Å². The number of anilines is 1. The summed E-state index contributed by atoms with van der Waals surface area (Å²) in [5.41, 5.74) is 1.65. The van der Waals surface area contributed by atoms with Gasteiger partial charge in [-0.15, -0.1) is 10.2 Å². The Hall–Kier alpha value is -2.22. The summed E-state index contributed by atoms with van der Waals surface area (Å²) in [6.45, 7) is 6.47.